The fourth-order valence-corrected chi connectivity index (χ4v) is 3.71. The second-order valence-electron chi connectivity index (χ2n) is 6.21. The molecule has 0 radical (unpaired) electrons. The highest BCUT2D eigenvalue weighted by Crippen LogP contribution is 2.26. The van der Waals surface area contributed by atoms with E-state index in [1.807, 2.05) is 4.90 Å². The highest BCUT2D eigenvalue weighted by molar-refractivity contribution is 5.79. The lowest BCUT2D eigenvalue weighted by Gasteiger charge is -2.40. The average molecular weight is 297 g/mol. The Balaban J connectivity index is 1.84. The Morgan fingerprint density at radius 1 is 1.29 bits per heavy atom. The van der Waals surface area contributed by atoms with Crippen LogP contribution in [0.15, 0.2) is 0 Å². The first-order valence-corrected chi connectivity index (χ1v) is 8.55. The zero-order chi connectivity index (χ0) is 15.2. The van der Waals surface area contributed by atoms with Gasteiger partial charge in [0.05, 0.1) is 12.0 Å². The van der Waals surface area contributed by atoms with Gasteiger partial charge < -0.3 is 15.4 Å². The second-order valence-corrected chi connectivity index (χ2v) is 6.21. The summed E-state index contributed by atoms with van der Waals surface area (Å²) in [5, 5.41) is 0. The van der Waals surface area contributed by atoms with Crippen LogP contribution in [0.5, 0.6) is 0 Å². The summed E-state index contributed by atoms with van der Waals surface area (Å²) >= 11 is 0. The third-order valence-electron chi connectivity index (χ3n) is 5.04. The lowest BCUT2D eigenvalue weighted by Crippen LogP contribution is -2.53. The predicted octanol–water partition coefficient (Wildman–Crippen LogP) is 1.07. The summed E-state index contributed by atoms with van der Waals surface area (Å²) in [7, 11) is 0. The molecule has 0 aromatic rings. The number of ether oxygens (including phenoxy) is 1. The Morgan fingerprint density at radius 3 is 2.57 bits per heavy atom. The number of hydrogen-bond donors (Lipinski definition) is 1. The molecule has 0 bridgehead atoms. The molecule has 0 saturated carbocycles. The lowest BCUT2D eigenvalue weighted by molar-refractivity contribution is -0.139. The molecule has 5 heteroatoms. The summed E-state index contributed by atoms with van der Waals surface area (Å²) in [5.41, 5.74) is 5.70. The van der Waals surface area contributed by atoms with Crippen molar-refractivity contribution in [1.82, 2.24) is 9.80 Å². The Labute approximate surface area is 128 Å². The Kier molecular flexibility index (Phi) is 6.45. The van der Waals surface area contributed by atoms with Crippen LogP contribution >= 0.6 is 0 Å². The maximum atomic E-state index is 12.6. The highest BCUT2D eigenvalue weighted by Gasteiger charge is 2.36. The van der Waals surface area contributed by atoms with Crippen LogP contribution in [0.2, 0.25) is 0 Å². The van der Waals surface area contributed by atoms with Crippen molar-refractivity contribution in [1.29, 1.82) is 0 Å². The van der Waals surface area contributed by atoms with Crippen LogP contribution in [0, 0.1) is 5.92 Å². The smallest absolute Gasteiger partial charge is 0.228 e. The molecule has 3 unspecified atom stereocenters. The topological polar surface area (TPSA) is 58.8 Å². The zero-order valence-electron chi connectivity index (χ0n) is 13.6. The summed E-state index contributed by atoms with van der Waals surface area (Å²) in [4.78, 5) is 17.2. The minimum absolute atomic E-state index is 0.0903. The largest absolute Gasteiger partial charge is 0.377 e. The minimum Gasteiger partial charge on any atom is -0.377 e. The number of hydrogen-bond acceptors (Lipinski definition) is 4. The molecule has 2 fully saturated rings. The number of carbonyl (C=O) groups excluding carboxylic acids is 1. The van der Waals surface area contributed by atoms with Gasteiger partial charge in [0.1, 0.15) is 0 Å². The Bertz CT molecular complexity index is 329. The second kappa shape index (κ2) is 8.11. The summed E-state index contributed by atoms with van der Waals surface area (Å²) in [6, 6.07) is 0.574. The fraction of sp³-hybridized carbons (Fsp3) is 0.938. The fourth-order valence-electron chi connectivity index (χ4n) is 3.71. The van der Waals surface area contributed by atoms with Crippen LogP contribution in [-0.4, -0.2) is 67.2 Å². The third kappa shape index (κ3) is 3.96. The van der Waals surface area contributed by atoms with E-state index in [1.165, 1.54) is 0 Å². The van der Waals surface area contributed by atoms with E-state index in [0.29, 0.717) is 11.9 Å². The van der Waals surface area contributed by atoms with E-state index in [9.17, 15) is 4.79 Å². The number of nitrogens with zero attached hydrogens (tertiary/aromatic N) is 2. The van der Waals surface area contributed by atoms with E-state index in [2.05, 4.69) is 18.7 Å². The summed E-state index contributed by atoms with van der Waals surface area (Å²) in [5.74, 6) is 0.401. The SMILES string of the molecule is CCC1OCCC1C(=O)N1CCN(C(CC)CCN)CC1. The molecule has 2 aliphatic heterocycles. The van der Waals surface area contributed by atoms with Crippen LogP contribution in [0.3, 0.4) is 0 Å². The number of nitrogens with two attached hydrogens (primary N) is 1. The minimum atomic E-state index is 0.0903. The van der Waals surface area contributed by atoms with Gasteiger partial charge >= 0.3 is 0 Å². The standard InChI is InChI=1S/C16H31N3O2/c1-3-13(5-7-17)18-8-10-19(11-9-18)16(20)14-6-12-21-15(14)4-2/h13-15H,3-12,17H2,1-2H3. The van der Waals surface area contributed by atoms with Gasteiger partial charge in [0.25, 0.3) is 0 Å². The molecule has 2 rings (SSSR count). The molecule has 0 aliphatic carbocycles. The van der Waals surface area contributed by atoms with Crippen molar-refractivity contribution in [3.8, 4) is 0 Å². The normalized spacial score (nSPS) is 28.8. The van der Waals surface area contributed by atoms with Gasteiger partial charge in [0, 0.05) is 38.8 Å². The van der Waals surface area contributed by atoms with Crippen molar-refractivity contribution < 1.29 is 9.53 Å². The molecule has 0 aromatic heterocycles. The summed E-state index contributed by atoms with van der Waals surface area (Å²) in [6.07, 6.45) is 4.15. The van der Waals surface area contributed by atoms with E-state index in [-0.39, 0.29) is 12.0 Å². The molecule has 2 saturated heterocycles. The van der Waals surface area contributed by atoms with Crippen molar-refractivity contribution in [2.24, 2.45) is 11.7 Å². The van der Waals surface area contributed by atoms with Crippen LogP contribution < -0.4 is 5.73 Å². The van der Waals surface area contributed by atoms with E-state index in [0.717, 1.165) is 65.0 Å². The lowest BCUT2D eigenvalue weighted by atomic mass is 9.97. The van der Waals surface area contributed by atoms with Crippen molar-refractivity contribution in [2.45, 2.75) is 51.7 Å². The van der Waals surface area contributed by atoms with E-state index in [4.69, 9.17) is 10.5 Å². The Morgan fingerprint density at radius 2 is 2.00 bits per heavy atom. The van der Waals surface area contributed by atoms with Gasteiger partial charge in [-0.05, 0) is 32.2 Å². The molecule has 0 aromatic carbocycles. The maximum Gasteiger partial charge on any atom is 0.228 e. The first kappa shape index (κ1) is 16.7. The molecule has 3 atom stereocenters. The highest BCUT2D eigenvalue weighted by atomic mass is 16.5. The van der Waals surface area contributed by atoms with Gasteiger partial charge in [-0.25, -0.2) is 0 Å². The van der Waals surface area contributed by atoms with Crippen molar-refractivity contribution in [2.75, 3.05) is 39.3 Å². The van der Waals surface area contributed by atoms with Gasteiger partial charge in [-0.1, -0.05) is 13.8 Å². The Hall–Kier alpha value is -0.650. The molecule has 5 nitrogen and oxygen atoms in total. The number of carbonyl (C=O) groups is 1. The first-order valence-electron chi connectivity index (χ1n) is 8.55. The van der Waals surface area contributed by atoms with Crippen molar-refractivity contribution >= 4 is 5.91 Å². The van der Waals surface area contributed by atoms with Crippen LogP contribution in [0.4, 0.5) is 0 Å². The number of amides is 1. The van der Waals surface area contributed by atoms with Gasteiger partial charge in [0.15, 0.2) is 0 Å². The molecule has 2 aliphatic rings. The molecule has 122 valence electrons. The zero-order valence-corrected chi connectivity index (χ0v) is 13.6. The van der Waals surface area contributed by atoms with Crippen molar-refractivity contribution in [3.05, 3.63) is 0 Å². The molecule has 2 heterocycles. The predicted molar refractivity (Wildman–Crippen MR) is 84.0 cm³/mol. The van der Waals surface area contributed by atoms with Crippen LogP contribution in [0.25, 0.3) is 0 Å². The van der Waals surface area contributed by atoms with E-state index < -0.39 is 0 Å². The maximum absolute atomic E-state index is 12.6. The molecular weight excluding hydrogens is 266 g/mol. The van der Waals surface area contributed by atoms with E-state index >= 15 is 0 Å². The van der Waals surface area contributed by atoms with Crippen molar-refractivity contribution in [3.63, 3.8) is 0 Å². The first-order chi connectivity index (χ1) is 10.2. The van der Waals surface area contributed by atoms with Gasteiger partial charge in [0.2, 0.25) is 5.91 Å². The van der Waals surface area contributed by atoms with Gasteiger partial charge in [-0.3, -0.25) is 9.69 Å². The number of rotatable bonds is 6. The third-order valence-corrected chi connectivity index (χ3v) is 5.04. The van der Waals surface area contributed by atoms with Gasteiger partial charge in [-0.15, -0.1) is 0 Å². The summed E-state index contributed by atoms with van der Waals surface area (Å²) in [6.45, 7) is 9.48. The number of piperazine rings is 1. The molecule has 21 heavy (non-hydrogen) atoms. The van der Waals surface area contributed by atoms with Crippen LogP contribution in [0.1, 0.15) is 39.5 Å². The van der Waals surface area contributed by atoms with E-state index in [1.54, 1.807) is 0 Å². The molecular formula is C16H31N3O2. The molecule has 2 N–H and O–H groups in total. The van der Waals surface area contributed by atoms with Gasteiger partial charge in [-0.2, -0.15) is 0 Å². The monoisotopic (exact) mass is 297 g/mol. The summed E-state index contributed by atoms with van der Waals surface area (Å²) < 4.78 is 5.66. The molecule has 1 amide bonds. The quantitative estimate of drug-likeness (QED) is 0.797. The molecule has 0 spiro atoms. The van der Waals surface area contributed by atoms with Crippen LogP contribution in [-0.2, 0) is 9.53 Å². The average Bonchev–Trinajstić information content (AvgIpc) is 3.00.